The molecule has 2 atom stereocenters. The molecular weight excluding hydrogens is 249 g/mol. The standard InChI is InChI=1S/C14H16FNO3/c1-19-11-4-5-12(13(15)7-11)14(18)16-10-3-2-9(6-10)8-17/h2-5,7,9-10,17H,6,8H2,1H3,(H,16,18)/t9-,10+/m0/s1. The third-order valence-electron chi connectivity index (χ3n) is 3.14. The number of benzene rings is 1. The van der Waals surface area contributed by atoms with Crippen LogP contribution in [0.25, 0.3) is 0 Å². The predicted molar refractivity (Wildman–Crippen MR) is 68.5 cm³/mol. The first-order chi connectivity index (χ1) is 9.13. The van der Waals surface area contributed by atoms with Gasteiger partial charge in [0.25, 0.3) is 5.91 Å². The molecule has 102 valence electrons. The van der Waals surface area contributed by atoms with Crippen LogP contribution in [-0.2, 0) is 0 Å². The van der Waals surface area contributed by atoms with Crippen molar-refractivity contribution in [1.82, 2.24) is 5.32 Å². The topological polar surface area (TPSA) is 58.6 Å². The Bertz CT molecular complexity index is 501. The van der Waals surface area contributed by atoms with Crippen molar-refractivity contribution in [2.24, 2.45) is 5.92 Å². The average Bonchev–Trinajstić information content (AvgIpc) is 2.86. The average molecular weight is 265 g/mol. The maximum absolute atomic E-state index is 13.7. The Balaban J connectivity index is 2.03. The number of aliphatic hydroxyl groups is 1. The van der Waals surface area contributed by atoms with Crippen LogP contribution < -0.4 is 10.1 Å². The molecule has 1 amide bonds. The van der Waals surface area contributed by atoms with Crippen LogP contribution in [0, 0.1) is 11.7 Å². The van der Waals surface area contributed by atoms with Gasteiger partial charge in [0.15, 0.2) is 0 Å². The highest BCUT2D eigenvalue weighted by atomic mass is 19.1. The third-order valence-corrected chi connectivity index (χ3v) is 3.14. The van der Waals surface area contributed by atoms with Crippen LogP contribution in [0.1, 0.15) is 16.8 Å². The minimum atomic E-state index is -0.613. The first-order valence-corrected chi connectivity index (χ1v) is 6.07. The fourth-order valence-electron chi connectivity index (χ4n) is 2.07. The number of ether oxygens (including phenoxy) is 1. The van der Waals surface area contributed by atoms with E-state index in [4.69, 9.17) is 9.84 Å². The molecule has 0 unspecified atom stereocenters. The Morgan fingerprint density at radius 3 is 2.89 bits per heavy atom. The number of hydrogen-bond donors (Lipinski definition) is 2. The van der Waals surface area contributed by atoms with E-state index in [-0.39, 0.29) is 24.1 Å². The summed E-state index contributed by atoms with van der Waals surface area (Å²) in [5.41, 5.74) is -0.0124. The summed E-state index contributed by atoms with van der Waals surface area (Å²) >= 11 is 0. The minimum absolute atomic E-state index is 0.0124. The SMILES string of the molecule is COc1ccc(C(=O)N[C@@H]2C=C[C@H](CO)C2)c(F)c1. The van der Waals surface area contributed by atoms with Crippen LogP contribution in [0.4, 0.5) is 4.39 Å². The lowest BCUT2D eigenvalue weighted by Gasteiger charge is -2.13. The van der Waals surface area contributed by atoms with Gasteiger partial charge in [0.05, 0.1) is 12.7 Å². The zero-order valence-corrected chi connectivity index (χ0v) is 10.6. The number of carbonyl (C=O) groups excluding carboxylic acids is 1. The molecule has 2 N–H and O–H groups in total. The van der Waals surface area contributed by atoms with E-state index >= 15 is 0 Å². The number of halogens is 1. The van der Waals surface area contributed by atoms with Crippen molar-refractivity contribution in [2.45, 2.75) is 12.5 Å². The lowest BCUT2D eigenvalue weighted by atomic mass is 10.1. The van der Waals surface area contributed by atoms with Crippen molar-refractivity contribution in [3.8, 4) is 5.75 Å². The molecule has 1 aromatic rings. The summed E-state index contributed by atoms with van der Waals surface area (Å²) in [7, 11) is 1.44. The molecule has 0 saturated heterocycles. The normalized spacial score (nSPS) is 21.4. The molecule has 1 aliphatic rings. The van der Waals surface area contributed by atoms with Crippen molar-refractivity contribution in [3.63, 3.8) is 0 Å². The van der Waals surface area contributed by atoms with Crippen molar-refractivity contribution >= 4 is 5.91 Å². The van der Waals surface area contributed by atoms with E-state index in [1.807, 2.05) is 12.2 Å². The van der Waals surface area contributed by atoms with Gasteiger partial charge in [-0.2, -0.15) is 0 Å². The summed E-state index contributed by atoms with van der Waals surface area (Å²) in [6, 6.07) is 3.95. The molecule has 1 aromatic carbocycles. The third kappa shape index (κ3) is 3.12. The Labute approximate surface area is 110 Å². The molecule has 0 bridgehead atoms. The van der Waals surface area contributed by atoms with Crippen LogP contribution in [0.15, 0.2) is 30.4 Å². The Morgan fingerprint density at radius 2 is 2.32 bits per heavy atom. The predicted octanol–water partition coefficient (Wildman–Crippen LogP) is 1.50. The summed E-state index contributed by atoms with van der Waals surface area (Å²) < 4.78 is 18.6. The van der Waals surface area contributed by atoms with Gasteiger partial charge in [-0.05, 0) is 18.6 Å². The number of carbonyl (C=O) groups is 1. The van der Waals surface area contributed by atoms with Crippen LogP contribution in [0.3, 0.4) is 0 Å². The number of amides is 1. The maximum Gasteiger partial charge on any atom is 0.254 e. The number of aliphatic hydroxyl groups excluding tert-OH is 1. The molecule has 0 aromatic heterocycles. The molecule has 1 aliphatic carbocycles. The summed E-state index contributed by atoms with van der Waals surface area (Å²) in [5, 5.41) is 11.7. The molecule has 4 nitrogen and oxygen atoms in total. The number of hydrogen-bond acceptors (Lipinski definition) is 3. The lowest BCUT2D eigenvalue weighted by Crippen LogP contribution is -2.33. The van der Waals surface area contributed by atoms with Gasteiger partial charge in [0.2, 0.25) is 0 Å². The van der Waals surface area contributed by atoms with Crippen molar-refractivity contribution in [2.75, 3.05) is 13.7 Å². The van der Waals surface area contributed by atoms with E-state index in [1.54, 1.807) is 6.07 Å². The van der Waals surface area contributed by atoms with E-state index in [9.17, 15) is 9.18 Å². The van der Waals surface area contributed by atoms with Gasteiger partial charge >= 0.3 is 0 Å². The highest BCUT2D eigenvalue weighted by Crippen LogP contribution is 2.19. The van der Waals surface area contributed by atoms with Gasteiger partial charge in [-0.15, -0.1) is 0 Å². The van der Waals surface area contributed by atoms with E-state index < -0.39 is 11.7 Å². The van der Waals surface area contributed by atoms with Crippen LogP contribution in [-0.4, -0.2) is 30.8 Å². The zero-order valence-electron chi connectivity index (χ0n) is 10.6. The molecule has 0 saturated carbocycles. The molecule has 0 spiro atoms. The molecule has 0 heterocycles. The highest BCUT2D eigenvalue weighted by Gasteiger charge is 2.21. The van der Waals surface area contributed by atoms with E-state index in [0.29, 0.717) is 12.2 Å². The van der Waals surface area contributed by atoms with Crippen molar-refractivity contribution < 1.29 is 19.0 Å². The maximum atomic E-state index is 13.7. The smallest absolute Gasteiger partial charge is 0.254 e. The van der Waals surface area contributed by atoms with Gasteiger partial charge in [0.1, 0.15) is 11.6 Å². The second-order valence-electron chi connectivity index (χ2n) is 4.49. The second kappa shape index (κ2) is 5.84. The summed E-state index contributed by atoms with van der Waals surface area (Å²) in [4.78, 5) is 11.9. The molecule has 0 fully saturated rings. The van der Waals surface area contributed by atoms with Gasteiger partial charge in [-0.25, -0.2) is 4.39 Å². The van der Waals surface area contributed by atoms with Crippen LogP contribution in [0.2, 0.25) is 0 Å². The fourth-order valence-corrected chi connectivity index (χ4v) is 2.07. The summed E-state index contributed by atoms with van der Waals surface area (Å²) in [6.45, 7) is 0.0553. The molecule has 19 heavy (non-hydrogen) atoms. The number of nitrogens with one attached hydrogen (secondary N) is 1. The monoisotopic (exact) mass is 265 g/mol. The summed E-state index contributed by atoms with van der Waals surface area (Å²) in [6.07, 6.45) is 4.32. The Hall–Kier alpha value is -1.88. The quantitative estimate of drug-likeness (QED) is 0.811. The van der Waals surface area contributed by atoms with Crippen LogP contribution in [0.5, 0.6) is 5.75 Å². The van der Waals surface area contributed by atoms with E-state index in [2.05, 4.69) is 5.32 Å². The second-order valence-corrected chi connectivity index (χ2v) is 4.49. The molecule has 2 rings (SSSR count). The largest absolute Gasteiger partial charge is 0.497 e. The fraction of sp³-hybridized carbons (Fsp3) is 0.357. The zero-order chi connectivity index (χ0) is 13.8. The van der Waals surface area contributed by atoms with E-state index in [1.165, 1.54) is 19.2 Å². The first-order valence-electron chi connectivity index (χ1n) is 6.07. The van der Waals surface area contributed by atoms with Crippen molar-refractivity contribution in [3.05, 3.63) is 41.7 Å². The minimum Gasteiger partial charge on any atom is -0.497 e. The molecule has 0 radical (unpaired) electrons. The van der Waals surface area contributed by atoms with Gasteiger partial charge < -0.3 is 15.2 Å². The molecular formula is C14H16FNO3. The van der Waals surface area contributed by atoms with Gasteiger partial charge in [0, 0.05) is 24.6 Å². The van der Waals surface area contributed by atoms with E-state index in [0.717, 1.165) is 0 Å². The molecule has 5 heteroatoms. The van der Waals surface area contributed by atoms with Crippen LogP contribution >= 0.6 is 0 Å². The first kappa shape index (κ1) is 13.5. The van der Waals surface area contributed by atoms with Gasteiger partial charge in [-0.1, -0.05) is 12.2 Å². The number of methoxy groups -OCH3 is 1. The van der Waals surface area contributed by atoms with Crippen molar-refractivity contribution in [1.29, 1.82) is 0 Å². The Kier molecular flexibility index (Phi) is 4.16. The number of rotatable bonds is 4. The Morgan fingerprint density at radius 1 is 1.53 bits per heavy atom. The van der Waals surface area contributed by atoms with Gasteiger partial charge in [-0.3, -0.25) is 4.79 Å². The highest BCUT2D eigenvalue weighted by molar-refractivity contribution is 5.95. The lowest BCUT2D eigenvalue weighted by molar-refractivity contribution is 0.0937. The summed E-state index contributed by atoms with van der Waals surface area (Å²) in [5.74, 6) is -0.646. The molecule has 0 aliphatic heterocycles.